The summed E-state index contributed by atoms with van der Waals surface area (Å²) in [5, 5.41) is 3.04. The number of rotatable bonds is 6. The Morgan fingerprint density at radius 3 is 2.50 bits per heavy atom. The molecule has 1 fully saturated rings. The van der Waals surface area contributed by atoms with Crippen molar-refractivity contribution >= 4 is 15.9 Å². The van der Waals surface area contributed by atoms with Crippen molar-refractivity contribution in [3.63, 3.8) is 0 Å². The van der Waals surface area contributed by atoms with Crippen LogP contribution < -0.4 is 5.32 Å². The molecule has 2 aromatic carbocycles. The van der Waals surface area contributed by atoms with Crippen molar-refractivity contribution < 1.29 is 17.9 Å². The summed E-state index contributed by atoms with van der Waals surface area (Å²) in [7, 11) is -3.38. The molecule has 0 spiro atoms. The molecule has 7 heteroatoms. The first kappa shape index (κ1) is 21.0. The highest BCUT2D eigenvalue weighted by molar-refractivity contribution is 7.88. The van der Waals surface area contributed by atoms with Crippen LogP contribution in [0.1, 0.15) is 52.0 Å². The van der Waals surface area contributed by atoms with Crippen LogP contribution in [0.4, 0.5) is 0 Å². The largest absolute Gasteiger partial charge is 0.379 e. The maximum absolute atomic E-state index is 12.7. The molecule has 160 valence electrons. The average molecular weight is 429 g/mol. The van der Waals surface area contributed by atoms with Crippen molar-refractivity contribution in [3.05, 3.63) is 70.3 Å². The minimum Gasteiger partial charge on any atom is -0.379 e. The topological polar surface area (TPSA) is 75.7 Å². The molecule has 1 N–H and O–H groups in total. The summed E-state index contributed by atoms with van der Waals surface area (Å²) in [6.07, 6.45) is 3.45. The van der Waals surface area contributed by atoms with Gasteiger partial charge in [-0.25, -0.2) is 8.42 Å². The van der Waals surface area contributed by atoms with E-state index in [1.165, 1.54) is 21.9 Å². The lowest BCUT2D eigenvalue weighted by molar-refractivity contribution is 0.0729. The van der Waals surface area contributed by atoms with Crippen LogP contribution in [-0.2, 0) is 33.4 Å². The molecule has 0 saturated carbocycles. The molecule has 6 nitrogen and oxygen atoms in total. The van der Waals surface area contributed by atoms with Gasteiger partial charge in [-0.2, -0.15) is 4.31 Å². The molecular weight excluding hydrogens is 400 g/mol. The third-order valence-corrected chi connectivity index (χ3v) is 7.75. The SMILES string of the molecule is CC(NC(=O)c1ccc(CS(=O)(=O)N2CCOCC2)cc1)c1ccc2c(c1)CCC2. The van der Waals surface area contributed by atoms with Gasteiger partial charge in [-0.15, -0.1) is 0 Å². The van der Waals surface area contributed by atoms with E-state index in [1.54, 1.807) is 24.3 Å². The molecule has 0 aromatic heterocycles. The van der Waals surface area contributed by atoms with E-state index >= 15 is 0 Å². The van der Waals surface area contributed by atoms with Gasteiger partial charge in [0.05, 0.1) is 25.0 Å². The number of benzene rings is 2. The number of amides is 1. The van der Waals surface area contributed by atoms with Gasteiger partial charge in [0.25, 0.3) is 5.91 Å². The van der Waals surface area contributed by atoms with Crippen molar-refractivity contribution in [2.45, 2.75) is 38.0 Å². The average Bonchev–Trinajstić information content (AvgIpc) is 3.22. The second kappa shape index (κ2) is 8.88. The number of morpholine rings is 1. The van der Waals surface area contributed by atoms with Crippen LogP contribution in [0.25, 0.3) is 0 Å². The molecule has 1 amide bonds. The highest BCUT2D eigenvalue weighted by atomic mass is 32.2. The number of sulfonamides is 1. The highest BCUT2D eigenvalue weighted by Crippen LogP contribution is 2.25. The third-order valence-electron chi connectivity index (χ3n) is 5.90. The van der Waals surface area contributed by atoms with Crippen molar-refractivity contribution in [2.24, 2.45) is 0 Å². The standard InChI is InChI=1S/C23H28N2O4S/c1-17(21-10-9-19-3-2-4-22(19)15-21)24-23(26)20-7-5-18(6-8-20)16-30(27,28)25-11-13-29-14-12-25/h5-10,15,17H,2-4,11-14,16H2,1H3,(H,24,26). The molecule has 1 heterocycles. The number of hydrogen-bond acceptors (Lipinski definition) is 4. The van der Waals surface area contributed by atoms with Crippen LogP contribution >= 0.6 is 0 Å². The number of carbonyl (C=O) groups is 1. The van der Waals surface area contributed by atoms with E-state index in [1.807, 2.05) is 6.92 Å². The van der Waals surface area contributed by atoms with Gasteiger partial charge in [0.2, 0.25) is 10.0 Å². The maximum atomic E-state index is 12.7. The molecule has 1 saturated heterocycles. The zero-order valence-electron chi connectivity index (χ0n) is 17.3. The Balaban J connectivity index is 1.38. The van der Waals surface area contributed by atoms with E-state index in [4.69, 9.17) is 4.74 Å². The normalized spacial score (nSPS) is 18.0. The first-order valence-electron chi connectivity index (χ1n) is 10.5. The lowest BCUT2D eigenvalue weighted by Gasteiger charge is -2.26. The minimum atomic E-state index is -3.38. The zero-order chi connectivity index (χ0) is 21.1. The number of aryl methyl sites for hydroxylation is 2. The summed E-state index contributed by atoms with van der Waals surface area (Å²) in [6.45, 7) is 3.63. The van der Waals surface area contributed by atoms with E-state index in [9.17, 15) is 13.2 Å². The number of carbonyl (C=O) groups excluding carboxylic acids is 1. The van der Waals surface area contributed by atoms with Crippen molar-refractivity contribution in [1.29, 1.82) is 0 Å². The van der Waals surface area contributed by atoms with Crippen LogP contribution in [0.2, 0.25) is 0 Å². The summed E-state index contributed by atoms with van der Waals surface area (Å²) in [4.78, 5) is 12.7. The lowest BCUT2D eigenvalue weighted by atomic mass is 10.0. The van der Waals surface area contributed by atoms with E-state index in [0.717, 1.165) is 18.4 Å². The summed E-state index contributed by atoms with van der Waals surface area (Å²) < 4.78 is 31.8. The van der Waals surface area contributed by atoms with E-state index < -0.39 is 10.0 Å². The summed E-state index contributed by atoms with van der Waals surface area (Å²) >= 11 is 0. The number of nitrogens with one attached hydrogen (secondary N) is 1. The molecule has 0 radical (unpaired) electrons. The first-order valence-corrected chi connectivity index (χ1v) is 12.1. The number of ether oxygens (including phenoxy) is 1. The molecule has 4 rings (SSSR count). The van der Waals surface area contributed by atoms with Gasteiger partial charge in [-0.1, -0.05) is 30.3 Å². The fraction of sp³-hybridized carbons (Fsp3) is 0.435. The van der Waals surface area contributed by atoms with Crippen molar-refractivity contribution in [2.75, 3.05) is 26.3 Å². The predicted molar refractivity (Wildman–Crippen MR) is 116 cm³/mol. The number of nitrogens with zero attached hydrogens (tertiary/aromatic N) is 1. The van der Waals surface area contributed by atoms with Gasteiger partial charge in [-0.05, 0) is 60.6 Å². The van der Waals surface area contributed by atoms with E-state index in [2.05, 4.69) is 23.5 Å². The molecule has 2 aliphatic rings. The summed E-state index contributed by atoms with van der Waals surface area (Å²) in [6, 6.07) is 13.2. The minimum absolute atomic E-state index is 0.0690. The first-order chi connectivity index (χ1) is 14.4. The molecule has 1 aliphatic carbocycles. The predicted octanol–water partition coefficient (Wildman–Crippen LogP) is 2.83. The monoisotopic (exact) mass is 428 g/mol. The maximum Gasteiger partial charge on any atom is 0.251 e. The third kappa shape index (κ3) is 4.74. The van der Waals surface area contributed by atoms with Gasteiger partial charge in [-0.3, -0.25) is 4.79 Å². The molecule has 0 bridgehead atoms. The fourth-order valence-electron chi connectivity index (χ4n) is 4.10. The smallest absolute Gasteiger partial charge is 0.251 e. The Labute approximate surface area is 178 Å². The molecule has 1 aliphatic heterocycles. The number of fused-ring (bicyclic) bond motifs is 1. The Bertz CT molecular complexity index is 1010. The van der Waals surface area contributed by atoms with Crippen LogP contribution in [0.3, 0.4) is 0 Å². The molecule has 1 unspecified atom stereocenters. The Hall–Kier alpha value is -2.22. The second-order valence-electron chi connectivity index (χ2n) is 8.04. The molecule has 2 aromatic rings. The second-order valence-corrected chi connectivity index (χ2v) is 10.0. The van der Waals surface area contributed by atoms with E-state index in [-0.39, 0.29) is 17.7 Å². The van der Waals surface area contributed by atoms with Gasteiger partial charge in [0.1, 0.15) is 0 Å². The highest BCUT2D eigenvalue weighted by Gasteiger charge is 2.24. The van der Waals surface area contributed by atoms with Crippen LogP contribution in [0, 0.1) is 0 Å². The van der Waals surface area contributed by atoms with Gasteiger partial charge in [0, 0.05) is 18.7 Å². The molecule has 30 heavy (non-hydrogen) atoms. The van der Waals surface area contributed by atoms with Crippen molar-refractivity contribution in [1.82, 2.24) is 9.62 Å². The zero-order valence-corrected chi connectivity index (χ0v) is 18.1. The van der Waals surface area contributed by atoms with Gasteiger partial charge in [0.15, 0.2) is 0 Å². The lowest BCUT2D eigenvalue weighted by Crippen LogP contribution is -2.41. The Kier molecular flexibility index (Phi) is 6.22. The Morgan fingerprint density at radius 2 is 1.77 bits per heavy atom. The summed E-state index contributed by atoms with van der Waals surface area (Å²) in [5.41, 5.74) is 5.11. The number of hydrogen-bond donors (Lipinski definition) is 1. The molecular formula is C23H28N2O4S. The summed E-state index contributed by atoms with van der Waals surface area (Å²) in [5.74, 6) is -0.231. The molecule has 1 atom stereocenters. The van der Waals surface area contributed by atoms with Gasteiger partial charge < -0.3 is 10.1 Å². The van der Waals surface area contributed by atoms with Crippen molar-refractivity contribution in [3.8, 4) is 0 Å². The van der Waals surface area contributed by atoms with Crippen LogP contribution in [0.15, 0.2) is 42.5 Å². The Morgan fingerprint density at radius 1 is 1.07 bits per heavy atom. The van der Waals surface area contributed by atoms with Crippen LogP contribution in [0.5, 0.6) is 0 Å². The van der Waals surface area contributed by atoms with E-state index in [0.29, 0.717) is 37.4 Å². The fourth-order valence-corrected chi connectivity index (χ4v) is 5.61. The quantitative estimate of drug-likeness (QED) is 0.768. The van der Waals surface area contributed by atoms with Crippen LogP contribution in [-0.4, -0.2) is 44.9 Å². The van der Waals surface area contributed by atoms with Gasteiger partial charge >= 0.3 is 0 Å².